The molecule has 1 aliphatic heterocycles. The van der Waals surface area contributed by atoms with Crippen molar-refractivity contribution >= 4 is 11.9 Å². The highest BCUT2D eigenvalue weighted by Gasteiger charge is 2.43. The molecular formula is C16H25NO4. The fraction of sp³-hybridized carbons (Fsp3) is 0.875. The van der Waals surface area contributed by atoms with Crippen molar-refractivity contribution in [2.24, 2.45) is 5.41 Å². The van der Waals surface area contributed by atoms with Crippen molar-refractivity contribution in [3.63, 3.8) is 0 Å². The van der Waals surface area contributed by atoms with Crippen LogP contribution in [-0.4, -0.2) is 47.2 Å². The van der Waals surface area contributed by atoms with Gasteiger partial charge in [0.1, 0.15) is 0 Å². The Bertz CT molecular complexity index is 417. The van der Waals surface area contributed by atoms with Gasteiger partial charge in [0.2, 0.25) is 5.91 Å². The molecule has 2 saturated carbocycles. The van der Waals surface area contributed by atoms with Gasteiger partial charge in [-0.2, -0.15) is 0 Å². The Morgan fingerprint density at radius 3 is 2.62 bits per heavy atom. The Kier molecular flexibility index (Phi) is 4.20. The van der Waals surface area contributed by atoms with Crippen LogP contribution in [0.15, 0.2) is 0 Å². The van der Waals surface area contributed by atoms with Gasteiger partial charge < -0.3 is 14.7 Å². The molecule has 1 saturated heterocycles. The van der Waals surface area contributed by atoms with Gasteiger partial charge >= 0.3 is 5.97 Å². The molecule has 0 aromatic heterocycles. The van der Waals surface area contributed by atoms with Crippen LogP contribution in [0, 0.1) is 5.41 Å². The molecule has 0 aromatic carbocycles. The van der Waals surface area contributed by atoms with Gasteiger partial charge in [0, 0.05) is 13.0 Å². The van der Waals surface area contributed by atoms with E-state index in [0.717, 1.165) is 44.9 Å². The second kappa shape index (κ2) is 5.95. The molecule has 2 atom stereocenters. The van der Waals surface area contributed by atoms with Crippen LogP contribution in [-0.2, 0) is 14.3 Å². The lowest BCUT2D eigenvalue weighted by Gasteiger charge is -2.39. The number of hydrogen-bond donors (Lipinski definition) is 1. The average Bonchev–Trinajstić information content (AvgIpc) is 3.06. The van der Waals surface area contributed by atoms with Crippen molar-refractivity contribution in [1.29, 1.82) is 0 Å². The van der Waals surface area contributed by atoms with Gasteiger partial charge in [-0.25, -0.2) is 0 Å². The standard InChI is InChI=1S/C16H25NO4/c18-14(10-16(11-15(19)20)6-1-2-7-16)17-8-9-21-13-5-3-4-12(13)17/h12-13H,1-11H2,(H,19,20). The zero-order valence-corrected chi connectivity index (χ0v) is 12.6. The molecule has 0 aromatic rings. The first-order chi connectivity index (χ1) is 10.1. The number of carboxylic acids is 1. The number of ether oxygens (including phenoxy) is 1. The monoisotopic (exact) mass is 295 g/mol. The van der Waals surface area contributed by atoms with Crippen LogP contribution in [0.4, 0.5) is 0 Å². The third-order valence-corrected chi connectivity index (χ3v) is 5.52. The summed E-state index contributed by atoms with van der Waals surface area (Å²) in [4.78, 5) is 25.9. The van der Waals surface area contributed by atoms with Crippen molar-refractivity contribution in [2.75, 3.05) is 13.2 Å². The van der Waals surface area contributed by atoms with Crippen LogP contribution < -0.4 is 0 Å². The number of hydrogen-bond acceptors (Lipinski definition) is 3. The lowest BCUT2D eigenvalue weighted by Crippen LogP contribution is -2.52. The molecule has 118 valence electrons. The minimum absolute atomic E-state index is 0.136. The summed E-state index contributed by atoms with van der Waals surface area (Å²) in [6, 6.07) is 0.231. The highest BCUT2D eigenvalue weighted by Crippen LogP contribution is 2.45. The van der Waals surface area contributed by atoms with E-state index in [9.17, 15) is 9.59 Å². The number of aliphatic carboxylic acids is 1. The second-order valence-corrected chi connectivity index (χ2v) is 6.95. The Hall–Kier alpha value is -1.10. The summed E-state index contributed by atoms with van der Waals surface area (Å²) in [7, 11) is 0. The Balaban J connectivity index is 1.67. The van der Waals surface area contributed by atoms with Gasteiger partial charge in [-0.3, -0.25) is 9.59 Å². The highest BCUT2D eigenvalue weighted by atomic mass is 16.5. The Morgan fingerprint density at radius 2 is 1.90 bits per heavy atom. The zero-order chi connectivity index (χ0) is 14.9. The predicted molar refractivity (Wildman–Crippen MR) is 76.9 cm³/mol. The maximum atomic E-state index is 12.8. The van der Waals surface area contributed by atoms with Crippen LogP contribution in [0.25, 0.3) is 0 Å². The summed E-state index contributed by atoms with van der Waals surface area (Å²) in [5.74, 6) is -0.622. The van der Waals surface area contributed by atoms with Crippen molar-refractivity contribution in [2.45, 2.75) is 69.9 Å². The van der Waals surface area contributed by atoms with Gasteiger partial charge in [-0.1, -0.05) is 12.8 Å². The van der Waals surface area contributed by atoms with E-state index in [1.54, 1.807) is 0 Å². The summed E-state index contributed by atoms with van der Waals surface area (Å²) in [6.45, 7) is 1.29. The molecule has 0 spiro atoms. The van der Waals surface area contributed by atoms with E-state index < -0.39 is 5.97 Å². The summed E-state index contributed by atoms with van der Waals surface area (Å²) in [5.41, 5.74) is -0.296. The number of morpholine rings is 1. The molecule has 5 heteroatoms. The van der Waals surface area contributed by atoms with Crippen LogP contribution in [0.2, 0.25) is 0 Å². The first-order valence-corrected chi connectivity index (χ1v) is 8.23. The van der Waals surface area contributed by atoms with Crippen LogP contribution in [0.1, 0.15) is 57.8 Å². The lowest BCUT2D eigenvalue weighted by molar-refractivity contribution is -0.148. The summed E-state index contributed by atoms with van der Waals surface area (Å²) >= 11 is 0. The van der Waals surface area contributed by atoms with E-state index in [2.05, 4.69) is 0 Å². The maximum absolute atomic E-state index is 12.8. The topological polar surface area (TPSA) is 66.8 Å². The third-order valence-electron chi connectivity index (χ3n) is 5.52. The Labute approximate surface area is 125 Å². The largest absolute Gasteiger partial charge is 0.481 e. The summed E-state index contributed by atoms with van der Waals surface area (Å²) in [5, 5.41) is 9.17. The van der Waals surface area contributed by atoms with Gasteiger partial charge in [-0.15, -0.1) is 0 Å². The van der Waals surface area contributed by atoms with Gasteiger partial charge in [-0.05, 0) is 37.5 Å². The fourth-order valence-corrected chi connectivity index (χ4v) is 4.52. The highest BCUT2D eigenvalue weighted by molar-refractivity contribution is 5.79. The summed E-state index contributed by atoms with van der Waals surface area (Å²) in [6.07, 6.45) is 7.82. The second-order valence-electron chi connectivity index (χ2n) is 6.95. The number of carboxylic acid groups (broad SMARTS) is 1. The third kappa shape index (κ3) is 3.07. The number of amides is 1. The molecule has 3 fully saturated rings. The van der Waals surface area contributed by atoms with Crippen molar-refractivity contribution in [3.8, 4) is 0 Å². The van der Waals surface area contributed by atoms with E-state index in [1.807, 2.05) is 4.90 Å². The number of carbonyl (C=O) groups excluding carboxylic acids is 1. The average molecular weight is 295 g/mol. The van der Waals surface area contributed by atoms with Gasteiger partial charge in [0.05, 0.1) is 25.2 Å². The van der Waals surface area contributed by atoms with E-state index in [4.69, 9.17) is 9.84 Å². The number of rotatable bonds is 4. The Morgan fingerprint density at radius 1 is 1.14 bits per heavy atom. The molecule has 0 radical (unpaired) electrons. The number of carbonyl (C=O) groups is 2. The zero-order valence-electron chi connectivity index (χ0n) is 12.6. The number of fused-ring (bicyclic) bond motifs is 1. The van der Waals surface area contributed by atoms with Gasteiger partial charge in [0.15, 0.2) is 0 Å². The quantitative estimate of drug-likeness (QED) is 0.863. The molecule has 1 N–H and O–H groups in total. The van der Waals surface area contributed by atoms with Crippen molar-refractivity contribution in [3.05, 3.63) is 0 Å². The molecular weight excluding hydrogens is 270 g/mol. The molecule has 2 aliphatic carbocycles. The SMILES string of the molecule is O=C(O)CC1(CC(=O)N2CCOC3CCCC32)CCCC1. The van der Waals surface area contributed by atoms with E-state index in [1.165, 1.54) is 0 Å². The summed E-state index contributed by atoms with van der Waals surface area (Å²) < 4.78 is 5.75. The van der Waals surface area contributed by atoms with Crippen molar-refractivity contribution < 1.29 is 19.4 Å². The smallest absolute Gasteiger partial charge is 0.303 e. The predicted octanol–water partition coefficient (Wildman–Crippen LogP) is 2.19. The minimum Gasteiger partial charge on any atom is -0.481 e. The maximum Gasteiger partial charge on any atom is 0.303 e. The van der Waals surface area contributed by atoms with E-state index in [-0.39, 0.29) is 29.9 Å². The molecule has 0 bridgehead atoms. The fourth-order valence-electron chi connectivity index (χ4n) is 4.52. The van der Waals surface area contributed by atoms with Crippen molar-refractivity contribution in [1.82, 2.24) is 4.90 Å². The lowest BCUT2D eigenvalue weighted by atomic mass is 9.79. The molecule has 21 heavy (non-hydrogen) atoms. The molecule has 2 unspecified atom stereocenters. The minimum atomic E-state index is -0.773. The molecule has 3 rings (SSSR count). The van der Waals surface area contributed by atoms with E-state index >= 15 is 0 Å². The first-order valence-electron chi connectivity index (χ1n) is 8.23. The van der Waals surface area contributed by atoms with Crippen LogP contribution >= 0.6 is 0 Å². The molecule has 5 nitrogen and oxygen atoms in total. The van der Waals surface area contributed by atoms with E-state index in [0.29, 0.717) is 19.6 Å². The van der Waals surface area contributed by atoms with Crippen LogP contribution in [0.5, 0.6) is 0 Å². The molecule has 1 amide bonds. The van der Waals surface area contributed by atoms with Crippen LogP contribution in [0.3, 0.4) is 0 Å². The van der Waals surface area contributed by atoms with Gasteiger partial charge in [0.25, 0.3) is 0 Å². The first kappa shape index (κ1) is 14.8. The number of nitrogens with zero attached hydrogens (tertiary/aromatic N) is 1. The molecule has 3 aliphatic rings. The normalized spacial score (nSPS) is 31.1. The molecule has 1 heterocycles.